The molecule has 144 valence electrons. The second-order valence-corrected chi connectivity index (χ2v) is 6.39. The Balaban J connectivity index is 1.81. The van der Waals surface area contributed by atoms with Gasteiger partial charge in [-0.25, -0.2) is 4.98 Å². The molecule has 0 unspecified atom stereocenters. The topological polar surface area (TPSA) is 71.5 Å². The van der Waals surface area contributed by atoms with Gasteiger partial charge >= 0.3 is 6.18 Å². The first-order valence-electron chi connectivity index (χ1n) is 7.85. The van der Waals surface area contributed by atoms with Gasteiger partial charge in [-0.05, 0) is 64.5 Å². The van der Waals surface area contributed by atoms with Crippen molar-refractivity contribution in [2.45, 2.75) is 6.18 Å². The van der Waals surface area contributed by atoms with Crippen molar-refractivity contribution in [1.29, 1.82) is 0 Å². The number of pyridine rings is 1. The molecule has 5 nitrogen and oxygen atoms in total. The Hall–Kier alpha value is -3.07. The average Bonchev–Trinajstić information content (AvgIpc) is 2.65. The minimum Gasteiger partial charge on any atom is -0.505 e. The first kappa shape index (κ1) is 19.7. The molecule has 0 spiro atoms. The van der Waals surface area contributed by atoms with Crippen molar-refractivity contribution >= 4 is 27.5 Å². The predicted octanol–water partition coefficient (Wildman–Crippen LogP) is 5.61. The van der Waals surface area contributed by atoms with Crippen LogP contribution in [-0.2, 0) is 6.18 Å². The fourth-order valence-electron chi connectivity index (χ4n) is 2.27. The summed E-state index contributed by atoms with van der Waals surface area (Å²) in [5, 5.41) is 12.4. The molecular formula is C19H12BrF3N2O3. The molecule has 2 N–H and O–H groups in total. The third-order valence-electron chi connectivity index (χ3n) is 3.60. The van der Waals surface area contributed by atoms with Crippen molar-refractivity contribution in [3.05, 3.63) is 76.5 Å². The maximum atomic E-state index is 12.7. The van der Waals surface area contributed by atoms with Crippen LogP contribution in [0.5, 0.6) is 17.2 Å². The smallest absolute Gasteiger partial charge is 0.416 e. The lowest BCUT2D eigenvalue weighted by Crippen LogP contribution is -2.14. The Labute approximate surface area is 165 Å². The molecule has 9 heteroatoms. The molecule has 0 saturated carbocycles. The third-order valence-corrected chi connectivity index (χ3v) is 4.04. The number of nitrogens with zero attached hydrogens (tertiary/aromatic N) is 1. The Morgan fingerprint density at radius 1 is 1.04 bits per heavy atom. The van der Waals surface area contributed by atoms with E-state index in [0.29, 0.717) is 4.60 Å². The van der Waals surface area contributed by atoms with Crippen LogP contribution in [0.2, 0.25) is 0 Å². The van der Waals surface area contributed by atoms with Crippen LogP contribution < -0.4 is 10.1 Å². The van der Waals surface area contributed by atoms with Gasteiger partial charge in [-0.1, -0.05) is 12.1 Å². The highest BCUT2D eigenvalue weighted by Crippen LogP contribution is 2.33. The number of para-hydroxylation sites is 2. The summed E-state index contributed by atoms with van der Waals surface area (Å²) in [5.41, 5.74) is -0.732. The minimum atomic E-state index is -4.44. The second-order valence-electron chi connectivity index (χ2n) is 5.58. The molecule has 1 amide bonds. The Morgan fingerprint density at radius 2 is 1.71 bits per heavy atom. The second kappa shape index (κ2) is 7.89. The molecule has 1 aromatic heterocycles. The number of carbonyl (C=O) groups is 1. The highest BCUT2D eigenvalue weighted by atomic mass is 79.9. The van der Waals surface area contributed by atoms with Crippen molar-refractivity contribution in [2.24, 2.45) is 0 Å². The monoisotopic (exact) mass is 452 g/mol. The number of carbonyl (C=O) groups excluding carboxylic acids is 1. The van der Waals surface area contributed by atoms with E-state index in [9.17, 15) is 23.1 Å². The normalized spacial score (nSPS) is 11.1. The quantitative estimate of drug-likeness (QED) is 0.504. The molecule has 3 aromatic rings. The van der Waals surface area contributed by atoms with Crippen molar-refractivity contribution < 1.29 is 27.8 Å². The summed E-state index contributed by atoms with van der Waals surface area (Å²) >= 11 is 3.12. The van der Waals surface area contributed by atoms with Crippen LogP contribution in [0.1, 0.15) is 16.1 Å². The maximum Gasteiger partial charge on any atom is 0.416 e. The SMILES string of the molecule is O=C(Nc1ccccc1Oc1ccc(C(F)(F)F)cc1)c1nc(Br)ccc1O. The molecule has 3 rings (SSSR count). The van der Waals surface area contributed by atoms with Crippen LogP contribution in [0.3, 0.4) is 0 Å². The maximum absolute atomic E-state index is 12.7. The molecule has 0 atom stereocenters. The highest BCUT2D eigenvalue weighted by molar-refractivity contribution is 9.10. The molecule has 0 aliphatic carbocycles. The van der Waals surface area contributed by atoms with Gasteiger partial charge < -0.3 is 15.2 Å². The number of aromatic nitrogens is 1. The fraction of sp³-hybridized carbons (Fsp3) is 0.0526. The van der Waals surface area contributed by atoms with Crippen molar-refractivity contribution in [1.82, 2.24) is 4.98 Å². The molecule has 2 aromatic carbocycles. The van der Waals surface area contributed by atoms with Gasteiger partial charge in [-0.2, -0.15) is 13.2 Å². The fourth-order valence-corrected chi connectivity index (χ4v) is 2.58. The molecule has 28 heavy (non-hydrogen) atoms. The van der Waals surface area contributed by atoms with Crippen molar-refractivity contribution in [3.63, 3.8) is 0 Å². The zero-order chi connectivity index (χ0) is 20.3. The summed E-state index contributed by atoms with van der Waals surface area (Å²) in [6.45, 7) is 0. The molecule has 0 bridgehead atoms. The van der Waals surface area contributed by atoms with Gasteiger partial charge in [0, 0.05) is 0 Å². The van der Waals surface area contributed by atoms with Gasteiger partial charge in [0.1, 0.15) is 16.1 Å². The lowest BCUT2D eigenvalue weighted by Gasteiger charge is -2.13. The van der Waals surface area contributed by atoms with Crippen LogP contribution in [0.25, 0.3) is 0 Å². The number of nitrogens with one attached hydrogen (secondary N) is 1. The Morgan fingerprint density at radius 3 is 2.39 bits per heavy atom. The highest BCUT2D eigenvalue weighted by Gasteiger charge is 2.30. The summed E-state index contributed by atoms with van der Waals surface area (Å²) in [6.07, 6.45) is -4.44. The number of hydrogen-bond acceptors (Lipinski definition) is 4. The zero-order valence-electron chi connectivity index (χ0n) is 14.0. The number of alkyl halides is 3. The van der Waals surface area contributed by atoms with E-state index in [0.717, 1.165) is 12.1 Å². The zero-order valence-corrected chi connectivity index (χ0v) is 15.6. The number of hydrogen-bond donors (Lipinski definition) is 2. The molecule has 0 fully saturated rings. The summed E-state index contributed by atoms with van der Waals surface area (Å²) in [4.78, 5) is 16.3. The van der Waals surface area contributed by atoms with E-state index in [1.807, 2.05) is 0 Å². The molecule has 0 saturated heterocycles. The van der Waals surface area contributed by atoms with E-state index in [4.69, 9.17) is 4.74 Å². The summed E-state index contributed by atoms with van der Waals surface area (Å²) < 4.78 is 43.9. The van der Waals surface area contributed by atoms with Crippen LogP contribution >= 0.6 is 15.9 Å². The van der Waals surface area contributed by atoms with E-state index in [-0.39, 0.29) is 28.6 Å². The Bertz CT molecular complexity index is 1010. The first-order valence-corrected chi connectivity index (χ1v) is 8.64. The van der Waals surface area contributed by atoms with E-state index in [2.05, 4.69) is 26.2 Å². The standard InChI is InChI=1S/C19H12BrF3N2O3/c20-16-10-9-14(26)17(25-16)18(27)24-13-3-1-2-4-15(13)28-12-7-5-11(6-8-12)19(21,22)23/h1-10,26H,(H,24,27). The molecular weight excluding hydrogens is 441 g/mol. The van der Waals surface area contributed by atoms with Gasteiger partial charge in [0.05, 0.1) is 11.3 Å². The summed E-state index contributed by atoms with van der Waals surface area (Å²) in [6, 6.07) is 13.3. The lowest BCUT2D eigenvalue weighted by atomic mass is 10.2. The molecule has 0 aliphatic rings. The van der Waals surface area contributed by atoms with Gasteiger partial charge in [0.25, 0.3) is 5.91 Å². The lowest BCUT2D eigenvalue weighted by molar-refractivity contribution is -0.137. The van der Waals surface area contributed by atoms with Crippen molar-refractivity contribution in [3.8, 4) is 17.2 Å². The molecule has 1 heterocycles. The van der Waals surface area contributed by atoms with Gasteiger partial charge in [-0.3, -0.25) is 4.79 Å². The van der Waals surface area contributed by atoms with Gasteiger partial charge in [-0.15, -0.1) is 0 Å². The largest absolute Gasteiger partial charge is 0.505 e. The van der Waals surface area contributed by atoms with E-state index in [1.165, 1.54) is 24.3 Å². The van der Waals surface area contributed by atoms with E-state index >= 15 is 0 Å². The van der Waals surface area contributed by atoms with Crippen molar-refractivity contribution in [2.75, 3.05) is 5.32 Å². The number of halogens is 4. The van der Waals surface area contributed by atoms with E-state index < -0.39 is 17.6 Å². The number of aromatic hydroxyl groups is 1. The summed E-state index contributed by atoms with van der Waals surface area (Å²) in [7, 11) is 0. The first-order chi connectivity index (χ1) is 13.2. The third kappa shape index (κ3) is 4.61. The van der Waals surface area contributed by atoms with Gasteiger partial charge in [0.2, 0.25) is 0 Å². The van der Waals surface area contributed by atoms with Crippen LogP contribution in [0.4, 0.5) is 18.9 Å². The number of benzene rings is 2. The van der Waals surface area contributed by atoms with E-state index in [1.54, 1.807) is 24.3 Å². The Kier molecular flexibility index (Phi) is 5.55. The van der Waals surface area contributed by atoms with Crippen LogP contribution in [0, 0.1) is 0 Å². The predicted molar refractivity (Wildman–Crippen MR) is 99.5 cm³/mol. The molecule has 0 radical (unpaired) electrons. The minimum absolute atomic E-state index is 0.165. The number of anilines is 1. The van der Waals surface area contributed by atoms with Gasteiger partial charge in [0.15, 0.2) is 11.4 Å². The number of ether oxygens (including phenoxy) is 1. The number of rotatable bonds is 4. The van der Waals surface area contributed by atoms with Crippen LogP contribution in [0.15, 0.2) is 65.3 Å². The van der Waals surface area contributed by atoms with Crippen LogP contribution in [-0.4, -0.2) is 16.0 Å². The summed E-state index contributed by atoms with van der Waals surface area (Å²) in [5.74, 6) is -0.604. The average molecular weight is 453 g/mol. The molecule has 0 aliphatic heterocycles. The number of amides is 1.